The lowest BCUT2D eigenvalue weighted by molar-refractivity contribution is -0.142. The van der Waals surface area contributed by atoms with Crippen LogP contribution in [0.3, 0.4) is 0 Å². The van der Waals surface area contributed by atoms with E-state index in [1.54, 1.807) is 12.2 Å². The fourth-order valence-corrected chi connectivity index (χ4v) is 6.41. The van der Waals surface area contributed by atoms with Crippen LogP contribution in [0.4, 0.5) is 0 Å². The van der Waals surface area contributed by atoms with Crippen molar-refractivity contribution in [3.8, 4) is 5.75 Å². The summed E-state index contributed by atoms with van der Waals surface area (Å²) in [5.74, 6) is 3.91. The van der Waals surface area contributed by atoms with Crippen LogP contribution in [0.1, 0.15) is 63.9 Å². The van der Waals surface area contributed by atoms with E-state index < -0.39 is 0 Å². The third-order valence-electron chi connectivity index (χ3n) is 6.87. The monoisotopic (exact) mass is 414 g/mol. The number of ether oxygens (including phenoxy) is 2. The molecule has 160 valence electrons. The van der Waals surface area contributed by atoms with E-state index in [-0.39, 0.29) is 6.29 Å². The van der Waals surface area contributed by atoms with Crippen LogP contribution in [0.5, 0.6) is 5.75 Å². The van der Waals surface area contributed by atoms with Gasteiger partial charge in [0, 0.05) is 6.42 Å². The highest BCUT2D eigenvalue weighted by atomic mass is 31.0. The molecule has 0 heterocycles. The molecule has 4 bridgehead atoms. The number of hydrogen-bond acceptors (Lipinski definition) is 2. The zero-order valence-electron chi connectivity index (χ0n) is 18.2. The summed E-state index contributed by atoms with van der Waals surface area (Å²) in [6, 6.07) is 8.51. The van der Waals surface area contributed by atoms with Crippen LogP contribution < -0.4 is 4.74 Å². The predicted octanol–water partition coefficient (Wildman–Crippen LogP) is 7.16. The molecule has 4 fully saturated rings. The first kappa shape index (κ1) is 22.6. The van der Waals surface area contributed by atoms with Crippen molar-refractivity contribution in [2.45, 2.75) is 70.7 Å². The number of rotatable bonds is 9. The fraction of sp³-hybridized carbons (Fsp3) is 0.615. The van der Waals surface area contributed by atoms with Gasteiger partial charge >= 0.3 is 0 Å². The lowest BCUT2D eigenvalue weighted by Crippen LogP contribution is -2.48. The molecule has 3 heteroatoms. The summed E-state index contributed by atoms with van der Waals surface area (Å²) in [5, 5.41) is 0. The van der Waals surface area contributed by atoms with Crippen molar-refractivity contribution in [2.75, 3.05) is 6.61 Å². The molecule has 4 saturated carbocycles. The molecule has 1 aromatic rings. The maximum absolute atomic E-state index is 6.33. The molecule has 0 N–H and O–H groups in total. The minimum absolute atomic E-state index is 0.0851. The van der Waals surface area contributed by atoms with E-state index in [1.807, 2.05) is 0 Å². The van der Waals surface area contributed by atoms with Gasteiger partial charge < -0.3 is 9.47 Å². The molecule has 2 nitrogen and oxygen atoms in total. The average Bonchev–Trinajstić information content (AvgIpc) is 2.71. The van der Waals surface area contributed by atoms with Crippen molar-refractivity contribution in [1.29, 1.82) is 0 Å². The van der Waals surface area contributed by atoms with Crippen molar-refractivity contribution < 1.29 is 9.47 Å². The van der Waals surface area contributed by atoms with E-state index in [0.29, 0.717) is 5.41 Å². The Hall–Kier alpha value is -1.11. The van der Waals surface area contributed by atoms with Crippen molar-refractivity contribution in [1.82, 2.24) is 0 Å². The minimum atomic E-state index is -0.0851. The van der Waals surface area contributed by atoms with Gasteiger partial charge in [0.05, 0.1) is 6.61 Å². The van der Waals surface area contributed by atoms with E-state index in [4.69, 9.17) is 9.47 Å². The maximum Gasteiger partial charge on any atom is 0.200 e. The predicted molar refractivity (Wildman–Crippen MR) is 126 cm³/mol. The van der Waals surface area contributed by atoms with Crippen LogP contribution in [0.15, 0.2) is 49.6 Å². The van der Waals surface area contributed by atoms with Gasteiger partial charge in [-0.05, 0) is 92.0 Å². The first-order valence-corrected chi connectivity index (χ1v) is 12.2. The molecule has 5 rings (SSSR count). The van der Waals surface area contributed by atoms with Gasteiger partial charge in [0.15, 0.2) is 6.29 Å². The Morgan fingerprint density at radius 2 is 1.59 bits per heavy atom. The number of benzene rings is 1. The molecule has 0 saturated heterocycles. The quantitative estimate of drug-likeness (QED) is 0.242. The second kappa shape index (κ2) is 10.8. The zero-order chi connectivity index (χ0) is 20.7. The van der Waals surface area contributed by atoms with E-state index in [1.165, 1.54) is 44.1 Å². The lowest BCUT2D eigenvalue weighted by Gasteiger charge is -2.57. The normalized spacial score (nSPS) is 30.2. The smallest absolute Gasteiger partial charge is 0.200 e. The maximum atomic E-state index is 6.33. The van der Waals surface area contributed by atoms with E-state index in [0.717, 1.165) is 49.1 Å². The van der Waals surface area contributed by atoms with Crippen LogP contribution in [0.25, 0.3) is 0 Å². The molecule has 0 spiro atoms. The van der Waals surface area contributed by atoms with Crippen molar-refractivity contribution in [2.24, 2.45) is 23.2 Å². The molecule has 0 aromatic heterocycles. The van der Waals surface area contributed by atoms with Gasteiger partial charge in [0.25, 0.3) is 0 Å². The molecule has 4 aliphatic rings. The van der Waals surface area contributed by atoms with Crippen molar-refractivity contribution in [3.05, 3.63) is 55.1 Å². The highest BCUT2D eigenvalue weighted by Gasteiger charge is 2.51. The van der Waals surface area contributed by atoms with Crippen LogP contribution in [0.2, 0.25) is 0 Å². The van der Waals surface area contributed by atoms with E-state index >= 15 is 0 Å². The van der Waals surface area contributed by atoms with Gasteiger partial charge in [-0.1, -0.05) is 44.4 Å². The van der Waals surface area contributed by atoms with Gasteiger partial charge in [0.2, 0.25) is 0 Å². The number of hydrogen-bond donors (Lipinski definition) is 0. The van der Waals surface area contributed by atoms with Gasteiger partial charge in [0.1, 0.15) is 5.75 Å². The molecule has 2 atom stereocenters. The molecule has 1 aromatic carbocycles. The summed E-state index contributed by atoms with van der Waals surface area (Å²) in [4.78, 5) is 0. The van der Waals surface area contributed by atoms with Crippen LogP contribution in [-0.4, -0.2) is 12.9 Å². The Balaban J connectivity index is 0.000000552. The van der Waals surface area contributed by atoms with Crippen LogP contribution in [0, 0.1) is 23.2 Å². The molecule has 0 aliphatic heterocycles. The third kappa shape index (κ3) is 6.19. The van der Waals surface area contributed by atoms with Gasteiger partial charge in [-0.25, -0.2) is 0 Å². The summed E-state index contributed by atoms with van der Waals surface area (Å²) in [7, 11) is 2.77. The lowest BCUT2D eigenvalue weighted by atomic mass is 9.49. The summed E-state index contributed by atoms with van der Waals surface area (Å²) >= 11 is 0. The van der Waals surface area contributed by atoms with Crippen LogP contribution in [-0.2, 0) is 10.9 Å². The average molecular weight is 415 g/mol. The Morgan fingerprint density at radius 1 is 1.03 bits per heavy atom. The van der Waals surface area contributed by atoms with Crippen LogP contribution >= 0.6 is 9.24 Å². The Bertz CT molecular complexity index is 610. The zero-order valence-corrected chi connectivity index (χ0v) is 19.3. The summed E-state index contributed by atoms with van der Waals surface area (Å²) in [6.45, 7) is 9.69. The van der Waals surface area contributed by atoms with Gasteiger partial charge in [-0.2, -0.15) is 0 Å². The largest absolute Gasteiger partial charge is 0.465 e. The molecule has 0 radical (unpaired) electrons. The fourth-order valence-electron chi connectivity index (χ4n) is 6.13. The topological polar surface area (TPSA) is 18.5 Å². The number of allylic oxidation sites excluding steroid dienone is 2. The third-order valence-corrected chi connectivity index (χ3v) is 7.34. The Kier molecular flexibility index (Phi) is 8.39. The first-order chi connectivity index (χ1) is 14.1. The minimum Gasteiger partial charge on any atom is -0.465 e. The SMILES string of the molecule is C=CC=C.CCCOC(CC12CC3CC(CC(C3)C1)C2)Oc1ccc(CP)cc1. The first-order valence-electron chi connectivity index (χ1n) is 11.4. The van der Waals surface area contributed by atoms with Crippen molar-refractivity contribution in [3.63, 3.8) is 0 Å². The van der Waals surface area contributed by atoms with E-state index in [9.17, 15) is 0 Å². The molecular weight excluding hydrogens is 375 g/mol. The van der Waals surface area contributed by atoms with Crippen molar-refractivity contribution >= 4 is 9.24 Å². The highest BCUT2D eigenvalue weighted by molar-refractivity contribution is 7.15. The molecule has 4 aliphatic carbocycles. The molecular formula is C26H39O2P. The molecule has 29 heavy (non-hydrogen) atoms. The van der Waals surface area contributed by atoms with E-state index in [2.05, 4.69) is 53.6 Å². The Labute approximate surface area is 180 Å². The standard InChI is InChI=1S/C22H33O2P.C4H6/c1-2-7-23-21(24-20-5-3-16(15-25)4-6-20)14-22-11-17-8-18(12-22)10-19(9-17)13-22;1-3-4-2/h3-6,17-19,21H,2,7-15,25H2,1H3;3-4H,1-2H2. The summed E-state index contributed by atoms with van der Waals surface area (Å²) in [5.41, 5.74) is 1.82. The molecule has 2 unspecified atom stereocenters. The molecule has 0 amide bonds. The second-order valence-electron chi connectivity index (χ2n) is 9.36. The van der Waals surface area contributed by atoms with Gasteiger partial charge in [-0.3, -0.25) is 0 Å². The summed E-state index contributed by atoms with van der Waals surface area (Å²) < 4.78 is 12.5. The Morgan fingerprint density at radius 3 is 2.03 bits per heavy atom. The second-order valence-corrected chi connectivity index (χ2v) is 9.77. The van der Waals surface area contributed by atoms with Gasteiger partial charge in [-0.15, -0.1) is 9.24 Å². The summed E-state index contributed by atoms with van der Waals surface area (Å²) in [6.07, 6.45) is 15.1. The highest BCUT2D eigenvalue weighted by Crippen LogP contribution is 2.61.